The summed E-state index contributed by atoms with van der Waals surface area (Å²) in [5.74, 6) is -0.211. The number of carbonyl (C=O) groups excluding carboxylic acids is 1. The van der Waals surface area contributed by atoms with Gasteiger partial charge < -0.3 is 5.32 Å². The third kappa shape index (κ3) is 5.46. The Balaban J connectivity index is 3.35. The molecule has 0 spiro atoms. The fourth-order valence-electron chi connectivity index (χ4n) is 0.323. The van der Waals surface area contributed by atoms with Gasteiger partial charge in [0.15, 0.2) is 5.11 Å². The first-order valence-electron chi connectivity index (χ1n) is 2.86. The SMILES string of the molecule is CCONC(=S)NC(C)=O. The van der Waals surface area contributed by atoms with E-state index in [9.17, 15) is 4.79 Å². The van der Waals surface area contributed by atoms with Gasteiger partial charge in [0.2, 0.25) is 5.91 Å². The summed E-state index contributed by atoms with van der Waals surface area (Å²) >= 11 is 4.63. The smallest absolute Gasteiger partial charge is 0.223 e. The molecule has 0 heterocycles. The molecule has 0 aliphatic heterocycles. The fourth-order valence-corrected chi connectivity index (χ4v) is 0.526. The highest BCUT2D eigenvalue weighted by Crippen LogP contribution is 1.68. The van der Waals surface area contributed by atoms with E-state index in [1.54, 1.807) is 0 Å². The minimum atomic E-state index is -0.211. The first-order valence-corrected chi connectivity index (χ1v) is 3.27. The van der Waals surface area contributed by atoms with E-state index < -0.39 is 0 Å². The van der Waals surface area contributed by atoms with Crippen LogP contribution in [-0.2, 0) is 9.63 Å². The summed E-state index contributed by atoms with van der Waals surface area (Å²) in [4.78, 5) is 15.0. The number of carbonyl (C=O) groups is 1. The molecule has 0 atom stereocenters. The molecule has 0 aromatic heterocycles. The molecule has 0 aromatic carbocycles. The van der Waals surface area contributed by atoms with Gasteiger partial charge in [-0.05, 0) is 19.1 Å². The minimum absolute atomic E-state index is 0.189. The molecule has 0 bridgehead atoms. The molecule has 0 aromatic rings. The van der Waals surface area contributed by atoms with Crippen LogP contribution in [0.5, 0.6) is 0 Å². The second-order valence-corrected chi connectivity index (χ2v) is 1.95. The van der Waals surface area contributed by atoms with Crippen molar-refractivity contribution in [1.29, 1.82) is 0 Å². The van der Waals surface area contributed by atoms with Gasteiger partial charge in [0.05, 0.1) is 6.61 Å². The van der Waals surface area contributed by atoms with E-state index in [-0.39, 0.29) is 11.0 Å². The number of amides is 1. The quantitative estimate of drug-likeness (QED) is 0.441. The molecule has 0 saturated carbocycles. The molecule has 0 fully saturated rings. The number of thiocarbonyl (C=S) groups is 1. The second kappa shape index (κ2) is 5.13. The van der Waals surface area contributed by atoms with Crippen molar-refractivity contribution in [3.05, 3.63) is 0 Å². The molecule has 0 aliphatic rings. The molecule has 0 rings (SSSR count). The molecule has 0 unspecified atom stereocenters. The Labute approximate surface area is 64.9 Å². The van der Waals surface area contributed by atoms with E-state index in [0.717, 1.165) is 0 Å². The normalized spacial score (nSPS) is 8.60. The number of hydroxylamine groups is 1. The lowest BCUT2D eigenvalue weighted by Crippen LogP contribution is -2.37. The van der Waals surface area contributed by atoms with Crippen LogP contribution in [0.4, 0.5) is 0 Å². The lowest BCUT2D eigenvalue weighted by Gasteiger charge is -2.04. The summed E-state index contributed by atoms with van der Waals surface area (Å²) in [5.41, 5.74) is 2.36. The molecule has 0 aliphatic carbocycles. The van der Waals surface area contributed by atoms with E-state index in [1.807, 2.05) is 6.92 Å². The van der Waals surface area contributed by atoms with Crippen molar-refractivity contribution in [2.24, 2.45) is 0 Å². The van der Waals surface area contributed by atoms with E-state index in [2.05, 4.69) is 23.0 Å². The van der Waals surface area contributed by atoms with Crippen molar-refractivity contribution in [1.82, 2.24) is 10.8 Å². The van der Waals surface area contributed by atoms with Gasteiger partial charge >= 0.3 is 0 Å². The molecule has 0 radical (unpaired) electrons. The van der Waals surface area contributed by atoms with Crippen molar-refractivity contribution in [3.63, 3.8) is 0 Å². The van der Waals surface area contributed by atoms with Crippen LogP contribution in [-0.4, -0.2) is 17.6 Å². The van der Waals surface area contributed by atoms with Crippen LogP contribution in [0.1, 0.15) is 13.8 Å². The summed E-state index contributed by atoms with van der Waals surface area (Å²) < 4.78 is 0. The van der Waals surface area contributed by atoms with Crippen LogP contribution < -0.4 is 10.8 Å². The Morgan fingerprint density at radius 1 is 1.70 bits per heavy atom. The second-order valence-electron chi connectivity index (χ2n) is 1.55. The van der Waals surface area contributed by atoms with Crippen molar-refractivity contribution in [2.75, 3.05) is 6.61 Å². The van der Waals surface area contributed by atoms with Crippen molar-refractivity contribution < 1.29 is 9.63 Å². The third-order valence-corrected chi connectivity index (χ3v) is 0.784. The Bertz CT molecular complexity index is 138. The van der Waals surface area contributed by atoms with E-state index >= 15 is 0 Å². The highest BCUT2D eigenvalue weighted by atomic mass is 32.1. The van der Waals surface area contributed by atoms with E-state index in [0.29, 0.717) is 6.61 Å². The van der Waals surface area contributed by atoms with Crippen molar-refractivity contribution in [2.45, 2.75) is 13.8 Å². The zero-order valence-corrected chi connectivity index (χ0v) is 6.75. The van der Waals surface area contributed by atoms with Crippen LogP contribution in [0.3, 0.4) is 0 Å². The molecule has 2 N–H and O–H groups in total. The van der Waals surface area contributed by atoms with Gasteiger partial charge in [0.25, 0.3) is 0 Å². The lowest BCUT2D eigenvalue weighted by atomic mass is 10.7. The van der Waals surface area contributed by atoms with Gasteiger partial charge in [-0.2, -0.15) is 0 Å². The topological polar surface area (TPSA) is 50.4 Å². The van der Waals surface area contributed by atoms with Crippen LogP contribution in [0.15, 0.2) is 0 Å². The summed E-state index contributed by atoms with van der Waals surface area (Å²) in [6.45, 7) is 3.68. The molecule has 5 heteroatoms. The first kappa shape index (κ1) is 9.32. The monoisotopic (exact) mass is 162 g/mol. The van der Waals surface area contributed by atoms with Gasteiger partial charge in [-0.25, -0.2) is 5.48 Å². The average molecular weight is 162 g/mol. The maximum atomic E-state index is 10.3. The van der Waals surface area contributed by atoms with E-state index in [4.69, 9.17) is 4.84 Å². The van der Waals surface area contributed by atoms with Crippen LogP contribution >= 0.6 is 12.2 Å². The highest BCUT2D eigenvalue weighted by molar-refractivity contribution is 7.80. The zero-order valence-electron chi connectivity index (χ0n) is 5.93. The highest BCUT2D eigenvalue weighted by Gasteiger charge is 1.94. The summed E-state index contributed by atoms with van der Waals surface area (Å²) in [6.07, 6.45) is 0. The maximum absolute atomic E-state index is 10.3. The number of rotatable bonds is 2. The Hall–Kier alpha value is -0.680. The molecular weight excluding hydrogens is 152 g/mol. The zero-order chi connectivity index (χ0) is 7.98. The van der Waals surface area contributed by atoms with Gasteiger partial charge in [0, 0.05) is 6.92 Å². The van der Waals surface area contributed by atoms with Gasteiger partial charge in [-0.15, -0.1) is 0 Å². The molecule has 10 heavy (non-hydrogen) atoms. The first-order chi connectivity index (χ1) is 4.66. The maximum Gasteiger partial charge on any atom is 0.223 e. The van der Waals surface area contributed by atoms with Crippen LogP contribution in [0.25, 0.3) is 0 Å². The summed E-state index contributed by atoms with van der Waals surface area (Å²) in [6, 6.07) is 0. The fraction of sp³-hybridized carbons (Fsp3) is 0.600. The Morgan fingerprint density at radius 2 is 2.30 bits per heavy atom. The van der Waals surface area contributed by atoms with Crippen molar-refractivity contribution in [3.8, 4) is 0 Å². The molecule has 1 amide bonds. The van der Waals surface area contributed by atoms with Gasteiger partial charge in [0.1, 0.15) is 0 Å². The predicted molar refractivity (Wildman–Crippen MR) is 41.2 cm³/mol. The molecular formula is C5H10N2O2S. The molecule has 0 saturated heterocycles. The third-order valence-electron chi connectivity index (χ3n) is 0.599. The lowest BCUT2D eigenvalue weighted by molar-refractivity contribution is -0.117. The number of hydrogen-bond acceptors (Lipinski definition) is 3. The van der Waals surface area contributed by atoms with Gasteiger partial charge in [-0.3, -0.25) is 9.63 Å². The number of nitrogens with one attached hydrogen (secondary N) is 2. The standard InChI is InChI=1S/C5H10N2O2S/c1-3-9-7-5(10)6-4(2)8/h3H2,1-2H3,(H2,6,7,8,10). The largest absolute Gasteiger partial charge is 0.302 e. The Morgan fingerprint density at radius 3 is 2.70 bits per heavy atom. The Kier molecular flexibility index (Phi) is 4.78. The van der Waals surface area contributed by atoms with Crippen LogP contribution in [0.2, 0.25) is 0 Å². The van der Waals surface area contributed by atoms with Crippen molar-refractivity contribution >= 4 is 23.2 Å². The van der Waals surface area contributed by atoms with E-state index in [1.165, 1.54) is 6.92 Å². The minimum Gasteiger partial charge on any atom is -0.302 e. The molecule has 4 nitrogen and oxygen atoms in total. The predicted octanol–water partition coefficient (Wildman–Crippen LogP) is -0.0515. The molecule has 58 valence electrons. The van der Waals surface area contributed by atoms with Crippen LogP contribution in [0, 0.1) is 0 Å². The number of hydrogen-bond donors (Lipinski definition) is 2. The van der Waals surface area contributed by atoms with Gasteiger partial charge in [-0.1, -0.05) is 0 Å². The summed E-state index contributed by atoms with van der Waals surface area (Å²) in [5, 5.41) is 2.52. The average Bonchev–Trinajstić information content (AvgIpc) is 1.82. The summed E-state index contributed by atoms with van der Waals surface area (Å²) in [7, 11) is 0.